The third-order valence-corrected chi connectivity index (χ3v) is 2.98. The van der Waals surface area contributed by atoms with Crippen molar-refractivity contribution in [1.29, 1.82) is 0 Å². The van der Waals surface area contributed by atoms with Crippen LogP contribution in [-0.2, 0) is 4.74 Å². The number of likely N-dealkylation sites (N-methyl/N-ethyl adjacent to an activating group) is 1. The third-order valence-electron chi connectivity index (χ3n) is 2.98. The molecule has 0 aromatic carbocycles. The number of carbonyl (C=O) groups is 1. The van der Waals surface area contributed by atoms with E-state index in [4.69, 9.17) is 9.84 Å². The summed E-state index contributed by atoms with van der Waals surface area (Å²) in [6.07, 6.45) is 0.714. The number of methoxy groups -OCH3 is 1. The van der Waals surface area contributed by atoms with E-state index >= 15 is 0 Å². The maximum atomic E-state index is 10.8. The lowest BCUT2D eigenvalue weighted by Crippen LogP contribution is -2.51. The molecule has 1 saturated heterocycles. The monoisotopic (exact) mass is 216 g/mol. The molecule has 1 fully saturated rings. The number of amides is 1. The smallest absolute Gasteiger partial charge is 0.407 e. The molecule has 0 aliphatic carbocycles. The van der Waals surface area contributed by atoms with Gasteiger partial charge in [0, 0.05) is 26.7 Å². The van der Waals surface area contributed by atoms with Gasteiger partial charge in [0.15, 0.2) is 0 Å². The second-order valence-corrected chi connectivity index (χ2v) is 4.39. The number of hydrogen-bond donors (Lipinski definition) is 1. The normalized spacial score (nSPS) is 20.7. The molecule has 1 amide bonds. The average molecular weight is 216 g/mol. The largest absolute Gasteiger partial charge is 0.465 e. The molecular weight excluding hydrogens is 196 g/mol. The Kier molecular flexibility index (Phi) is 3.93. The summed E-state index contributed by atoms with van der Waals surface area (Å²) in [5, 5.41) is 8.84. The number of nitrogens with zero attached hydrogens (tertiary/aromatic N) is 2. The Morgan fingerprint density at radius 2 is 2.00 bits per heavy atom. The first-order valence-electron chi connectivity index (χ1n) is 5.17. The molecule has 5 nitrogen and oxygen atoms in total. The van der Waals surface area contributed by atoms with Crippen LogP contribution in [-0.4, -0.2) is 67.4 Å². The van der Waals surface area contributed by atoms with Crippen LogP contribution < -0.4 is 0 Å². The average Bonchev–Trinajstić information content (AvgIpc) is 2.17. The number of piperidine rings is 1. The van der Waals surface area contributed by atoms with Crippen LogP contribution in [0, 0.1) is 0 Å². The Hall–Kier alpha value is -0.810. The summed E-state index contributed by atoms with van der Waals surface area (Å²) in [5.41, 5.74) is -0.171. The fraction of sp³-hybridized carbons (Fsp3) is 0.900. The fourth-order valence-corrected chi connectivity index (χ4v) is 2.11. The van der Waals surface area contributed by atoms with Crippen molar-refractivity contribution in [2.75, 3.05) is 40.8 Å². The minimum atomic E-state index is -0.829. The van der Waals surface area contributed by atoms with Gasteiger partial charge in [-0.3, -0.25) is 0 Å². The number of likely N-dealkylation sites (tertiary alicyclic amines) is 1. The summed E-state index contributed by atoms with van der Waals surface area (Å²) in [6, 6.07) is 0. The van der Waals surface area contributed by atoms with E-state index < -0.39 is 6.09 Å². The van der Waals surface area contributed by atoms with Crippen LogP contribution in [0.1, 0.15) is 12.8 Å². The predicted octanol–water partition coefficient (Wildman–Crippen LogP) is 0.707. The van der Waals surface area contributed by atoms with Crippen LogP contribution in [0.25, 0.3) is 0 Å². The second-order valence-electron chi connectivity index (χ2n) is 4.39. The number of hydrogen-bond acceptors (Lipinski definition) is 3. The van der Waals surface area contributed by atoms with E-state index in [9.17, 15) is 4.79 Å². The highest BCUT2D eigenvalue weighted by atomic mass is 16.5. The van der Waals surface area contributed by atoms with Gasteiger partial charge in [-0.05, 0) is 26.9 Å². The Morgan fingerprint density at radius 1 is 1.47 bits per heavy atom. The van der Waals surface area contributed by atoms with Gasteiger partial charge in [-0.2, -0.15) is 0 Å². The lowest BCUT2D eigenvalue weighted by Gasteiger charge is -2.41. The highest BCUT2D eigenvalue weighted by Crippen LogP contribution is 2.26. The lowest BCUT2D eigenvalue weighted by molar-refractivity contribution is -0.0662. The molecule has 1 aliphatic heterocycles. The van der Waals surface area contributed by atoms with E-state index in [0.29, 0.717) is 13.1 Å². The molecule has 0 atom stereocenters. The molecule has 1 N–H and O–H groups in total. The first kappa shape index (κ1) is 12.3. The van der Waals surface area contributed by atoms with Gasteiger partial charge in [0.25, 0.3) is 0 Å². The molecule has 5 heteroatoms. The Morgan fingerprint density at radius 3 is 2.33 bits per heavy atom. The van der Waals surface area contributed by atoms with E-state index in [1.165, 1.54) is 4.90 Å². The van der Waals surface area contributed by atoms with Crippen molar-refractivity contribution in [3.8, 4) is 0 Å². The van der Waals surface area contributed by atoms with Gasteiger partial charge in [-0.1, -0.05) is 0 Å². The maximum Gasteiger partial charge on any atom is 0.407 e. The second kappa shape index (κ2) is 4.81. The minimum Gasteiger partial charge on any atom is -0.465 e. The minimum absolute atomic E-state index is 0.171. The highest BCUT2D eigenvalue weighted by Gasteiger charge is 2.36. The van der Waals surface area contributed by atoms with Gasteiger partial charge in [0.05, 0.1) is 5.60 Å². The topological polar surface area (TPSA) is 53.0 Å². The molecule has 0 aromatic rings. The summed E-state index contributed by atoms with van der Waals surface area (Å²) in [5.74, 6) is 0. The molecule has 0 radical (unpaired) electrons. The van der Waals surface area contributed by atoms with Crippen molar-refractivity contribution in [2.45, 2.75) is 18.4 Å². The number of carboxylic acid groups (broad SMARTS) is 1. The van der Waals surface area contributed by atoms with E-state index in [1.54, 1.807) is 7.11 Å². The molecule has 0 saturated carbocycles. The quantitative estimate of drug-likeness (QED) is 0.754. The molecule has 0 bridgehead atoms. The molecule has 1 aliphatic rings. The summed E-state index contributed by atoms with van der Waals surface area (Å²) in [7, 11) is 5.72. The van der Waals surface area contributed by atoms with Gasteiger partial charge < -0.3 is 19.6 Å². The summed E-state index contributed by atoms with van der Waals surface area (Å²) < 4.78 is 5.56. The highest BCUT2D eigenvalue weighted by molar-refractivity contribution is 5.65. The lowest BCUT2D eigenvalue weighted by atomic mass is 9.91. The van der Waals surface area contributed by atoms with Crippen LogP contribution in [0.4, 0.5) is 4.79 Å². The Bertz CT molecular complexity index is 223. The maximum absolute atomic E-state index is 10.8. The van der Waals surface area contributed by atoms with Crippen LogP contribution in [0.5, 0.6) is 0 Å². The summed E-state index contributed by atoms with van der Waals surface area (Å²) >= 11 is 0. The van der Waals surface area contributed by atoms with Crippen molar-refractivity contribution >= 4 is 6.09 Å². The van der Waals surface area contributed by atoms with Gasteiger partial charge in [0.2, 0.25) is 0 Å². The van der Waals surface area contributed by atoms with Crippen LogP contribution >= 0.6 is 0 Å². The van der Waals surface area contributed by atoms with Gasteiger partial charge in [-0.15, -0.1) is 0 Å². The summed E-state index contributed by atoms with van der Waals surface area (Å²) in [6.45, 7) is 1.98. The molecule has 1 heterocycles. The van der Waals surface area contributed by atoms with Crippen molar-refractivity contribution in [1.82, 2.24) is 9.80 Å². The van der Waals surface area contributed by atoms with Gasteiger partial charge >= 0.3 is 6.09 Å². The molecule has 0 spiro atoms. The van der Waals surface area contributed by atoms with Gasteiger partial charge in [0.1, 0.15) is 0 Å². The van der Waals surface area contributed by atoms with Crippen molar-refractivity contribution in [2.24, 2.45) is 0 Å². The van der Waals surface area contributed by atoms with E-state index in [0.717, 1.165) is 19.4 Å². The predicted molar refractivity (Wildman–Crippen MR) is 57.1 cm³/mol. The zero-order valence-electron chi connectivity index (χ0n) is 9.69. The molecule has 1 rings (SSSR count). The molecule has 0 aromatic heterocycles. The van der Waals surface area contributed by atoms with E-state index in [1.807, 2.05) is 14.1 Å². The fourth-order valence-electron chi connectivity index (χ4n) is 2.11. The summed E-state index contributed by atoms with van der Waals surface area (Å²) in [4.78, 5) is 14.3. The number of rotatable bonds is 3. The van der Waals surface area contributed by atoms with E-state index in [-0.39, 0.29) is 5.60 Å². The SMILES string of the molecule is COC1(CN(C)C)CCN(C(=O)O)CC1. The van der Waals surface area contributed by atoms with Crippen LogP contribution in [0.15, 0.2) is 0 Å². The molecule has 0 unspecified atom stereocenters. The van der Waals surface area contributed by atoms with Crippen molar-refractivity contribution in [3.63, 3.8) is 0 Å². The Balaban J connectivity index is 2.54. The third kappa shape index (κ3) is 3.07. The van der Waals surface area contributed by atoms with E-state index in [2.05, 4.69) is 4.90 Å². The molecular formula is C10H20N2O3. The number of ether oxygens (including phenoxy) is 1. The first-order chi connectivity index (χ1) is 6.99. The molecule has 88 valence electrons. The molecule has 15 heavy (non-hydrogen) atoms. The zero-order valence-corrected chi connectivity index (χ0v) is 9.69. The standard InChI is InChI=1S/C10H20N2O3/c1-11(2)8-10(15-3)4-6-12(7-5-10)9(13)14/h4-8H2,1-3H3,(H,13,14). The zero-order chi connectivity index (χ0) is 11.5. The Labute approximate surface area is 90.6 Å². The van der Waals surface area contributed by atoms with Crippen LogP contribution in [0.3, 0.4) is 0 Å². The van der Waals surface area contributed by atoms with Crippen LogP contribution in [0.2, 0.25) is 0 Å². The van der Waals surface area contributed by atoms with Crippen molar-refractivity contribution < 1.29 is 14.6 Å². The first-order valence-corrected chi connectivity index (χ1v) is 5.17. The van der Waals surface area contributed by atoms with Crippen molar-refractivity contribution in [3.05, 3.63) is 0 Å². The van der Waals surface area contributed by atoms with Gasteiger partial charge in [-0.25, -0.2) is 4.79 Å².